The van der Waals surface area contributed by atoms with Gasteiger partial charge in [-0.1, -0.05) is 6.07 Å². The molecule has 1 heterocycles. The summed E-state index contributed by atoms with van der Waals surface area (Å²) >= 11 is 0. The van der Waals surface area contributed by atoms with Crippen molar-refractivity contribution in [2.24, 2.45) is 0 Å². The molecule has 0 radical (unpaired) electrons. The van der Waals surface area contributed by atoms with E-state index in [0.29, 0.717) is 41.5 Å². The number of hydrogen-bond donors (Lipinski definition) is 1. The Bertz CT molecular complexity index is 750. The highest BCUT2D eigenvalue weighted by Crippen LogP contribution is 2.30. The third-order valence-corrected chi connectivity index (χ3v) is 3.26. The van der Waals surface area contributed by atoms with Crippen LogP contribution in [0.15, 0.2) is 42.5 Å². The molecule has 5 heteroatoms. The van der Waals surface area contributed by atoms with Crippen molar-refractivity contribution in [1.29, 1.82) is 5.26 Å². The van der Waals surface area contributed by atoms with Gasteiger partial charge in [0.2, 0.25) is 0 Å². The summed E-state index contributed by atoms with van der Waals surface area (Å²) in [5.41, 5.74) is 1.55. The van der Waals surface area contributed by atoms with Crippen LogP contribution in [0.1, 0.15) is 22.3 Å². The number of amides is 1. The number of nitriles is 1. The number of carbonyl (C=O) groups is 1. The maximum atomic E-state index is 12.3. The van der Waals surface area contributed by atoms with Gasteiger partial charge in [-0.2, -0.15) is 5.26 Å². The van der Waals surface area contributed by atoms with Crippen molar-refractivity contribution >= 4 is 11.6 Å². The van der Waals surface area contributed by atoms with Crippen molar-refractivity contribution in [2.75, 3.05) is 18.5 Å². The Kier molecular flexibility index (Phi) is 3.92. The first-order chi connectivity index (χ1) is 10.8. The Morgan fingerprint density at radius 3 is 2.73 bits per heavy atom. The molecule has 5 nitrogen and oxygen atoms in total. The van der Waals surface area contributed by atoms with Crippen LogP contribution in [0.3, 0.4) is 0 Å². The molecule has 0 bridgehead atoms. The van der Waals surface area contributed by atoms with E-state index < -0.39 is 0 Å². The first-order valence-corrected chi connectivity index (χ1v) is 6.97. The normalized spacial score (nSPS) is 12.9. The van der Waals surface area contributed by atoms with E-state index in [1.54, 1.807) is 42.5 Å². The summed E-state index contributed by atoms with van der Waals surface area (Å²) in [5.74, 6) is 0.974. The van der Waals surface area contributed by atoms with E-state index in [4.69, 9.17) is 14.7 Å². The highest BCUT2D eigenvalue weighted by Gasteiger charge is 2.14. The van der Waals surface area contributed by atoms with Crippen LogP contribution in [0.4, 0.5) is 5.69 Å². The highest BCUT2D eigenvalue weighted by atomic mass is 16.5. The minimum Gasteiger partial charge on any atom is -0.490 e. The van der Waals surface area contributed by atoms with E-state index in [1.807, 2.05) is 6.07 Å². The topological polar surface area (TPSA) is 71.4 Å². The second kappa shape index (κ2) is 6.19. The van der Waals surface area contributed by atoms with E-state index in [0.717, 1.165) is 6.42 Å². The van der Waals surface area contributed by atoms with E-state index >= 15 is 0 Å². The Hall–Kier alpha value is -3.00. The van der Waals surface area contributed by atoms with Crippen LogP contribution in [0.5, 0.6) is 11.5 Å². The fraction of sp³-hybridized carbons (Fsp3) is 0.176. The second-order valence-electron chi connectivity index (χ2n) is 4.86. The van der Waals surface area contributed by atoms with Gasteiger partial charge in [-0.15, -0.1) is 0 Å². The van der Waals surface area contributed by atoms with Crippen LogP contribution in [0.25, 0.3) is 0 Å². The third-order valence-electron chi connectivity index (χ3n) is 3.26. The van der Waals surface area contributed by atoms with Crippen molar-refractivity contribution in [1.82, 2.24) is 0 Å². The minimum atomic E-state index is -0.259. The zero-order valence-electron chi connectivity index (χ0n) is 11.8. The molecule has 0 unspecified atom stereocenters. The Morgan fingerprint density at radius 2 is 1.91 bits per heavy atom. The monoisotopic (exact) mass is 294 g/mol. The molecule has 2 aromatic rings. The number of rotatable bonds is 2. The SMILES string of the molecule is N#Cc1cccc(NC(=O)c2ccc3c(c2)OCCCO3)c1. The van der Waals surface area contributed by atoms with Crippen LogP contribution in [-0.4, -0.2) is 19.1 Å². The van der Waals surface area contributed by atoms with Crippen molar-refractivity contribution in [3.8, 4) is 17.6 Å². The van der Waals surface area contributed by atoms with Gasteiger partial charge in [0, 0.05) is 17.7 Å². The average molecular weight is 294 g/mol. The van der Waals surface area contributed by atoms with Gasteiger partial charge in [-0.05, 0) is 36.4 Å². The lowest BCUT2D eigenvalue weighted by atomic mass is 10.1. The van der Waals surface area contributed by atoms with Crippen molar-refractivity contribution in [3.63, 3.8) is 0 Å². The molecule has 3 rings (SSSR count). The molecule has 0 saturated heterocycles. The standard InChI is InChI=1S/C17H14N2O3/c18-11-12-3-1-4-14(9-12)19-17(20)13-5-6-15-16(10-13)22-8-2-7-21-15/h1,3-6,9-10H,2,7-8H2,(H,19,20). The molecular formula is C17H14N2O3. The fourth-order valence-corrected chi connectivity index (χ4v) is 2.17. The van der Waals surface area contributed by atoms with E-state index in [9.17, 15) is 4.79 Å². The number of hydrogen-bond acceptors (Lipinski definition) is 4. The quantitative estimate of drug-likeness (QED) is 0.924. The lowest BCUT2D eigenvalue weighted by molar-refractivity contribution is 0.102. The van der Waals surface area contributed by atoms with Crippen LogP contribution < -0.4 is 14.8 Å². The summed E-state index contributed by atoms with van der Waals surface area (Å²) in [5, 5.41) is 11.6. The maximum absolute atomic E-state index is 12.3. The zero-order valence-corrected chi connectivity index (χ0v) is 11.8. The van der Waals surface area contributed by atoms with Crippen molar-refractivity contribution in [2.45, 2.75) is 6.42 Å². The summed E-state index contributed by atoms with van der Waals surface area (Å²) in [6, 6.07) is 13.9. The lowest BCUT2D eigenvalue weighted by Crippen LogP contribution is -2.12. The predicted octanol–water partition coefficient (Wildman–Crippen LogP) is 2.97. The largest absolute Gasteiger partial charge is 0.490 e. The Labute approximate surface area is 128 Å². The van der Waals surface area contributed by atoms with Gasteiger partial charge >= 0.3 is 0 Å². The molecule has 0 aliphatic carbocycles. The van der Waals surface area contributed by atoms with Crippen molar-refractivity contribution < 1.29 is 14.3 Å². The Balaban J connectivity index is 1.80. The smallest absolute Gasteiger partial charge is 0.255 e. The number of benzene rings is 2. The van der Waals surface area contributed by atoms with Crippen LogP contribution in [-0.2, 0) is 0 Å². The van der Waals surface area contributed by atoms with Crippen molar-refractivity contribution in [3.05, 3.63) is 53.6 Å². The molecule has 0 spiro atoms. The number of carbonyl (C=O) groups excluding carboxylic acids is 1. The number of anilines is 1. The van der Waals surface area contributed by atoms with E-state index in [1.165, 1.54) is 0 Å². The van der Waals surface area contributed by atoms with Gasteiger partial charge in [-0.25, -0.2) is 0 Å². The maximum Gasteiger partial charge on any atom is 0.255 e. The van der Waals surface area contributed by atoms with Gasteiger partial charge < -0.3 is 14.8 Å². The molecule has 1 N–H and O–H groups in total. The molecule has 22 heavy (non-hydrogen) atoms. The molecule has 2 aromatic carbocycles. The zero-order chi connectivity index (χ0) is 15.4. The summed E-state index contributed by atoms with van der Waals surface area (Å²) in [6.07, 6.45) is 0.817. The number of nitrogens with zero attached hydrogens (tertiary/aromatic N) is 1. The van der Waals surface area contributed by atoms with Gasteiger partial charge in [0.25, 0.3) is 5.91 Å². The molecule has 1 aliphatic rings. The molecule has 1 aliphatic heterocycles. The summed E-state index contributed by atoms with van der Waals surface area (Å²) in [4.78, 5) is 12.3. The van der Waals surface area contributed by atoms with E-state index in [2.05, 4.69) is 5.32 Å². The molecule has 0 fully saturated rings. The number of fused-ring (bicyclic) bond motifs is 1. The second-order valence-corrected chi connectivity index (χ2v) is 4.86. The van der Waals surface area contributed by atoms with Crippen LogP contribution in [0.2, 0.25) is 0 Å². The summed E-state index contributed by atoms with van der Waals surface area (Å²) < 4.78 is 11.1. The Morgan fingerprint density at radius 1 is 1.09 bits per heavy atom. The molecule has 110 valence electrons. The molecule has 0 aromatic heterocycles. The third kappa shape index (κ3) is 3.01. The molecule has 0 atom stereocenters. The highest BCUT2D eigenvalue weighted by molar-refractivity contribution is 6.04. The number of ether oxygens (including phenoxy) is 2. The molecule has 0 saturated carbocycles. The fourth-order valence-electron chi connectivity index (χ4n) is 2.17. The average Bonchev–Trinajstić information content (AvgIpc) is 2.79. The van der Waals surface area contributed by atoms with Crippen LogP contribution in [0, 0.1) is 11.3 Å². The van der Waals surface area contributed by atoms with Gasteiger partial charge in [-0.3, -0.25) is 4.79 Å². The molecular weight excluding hydrogens is 280 g/mol. The first-order valence-electron chi connectivity index (χ1n) is 6.97. The van der Waals surface area contributed by atoms with Crippen LogP contribution >= 0.6 is 0 Å². The van der Waals surface area contributed by atoms with E-state index in [-0.39, 0.29) is 5.91 Å². The predicted molar refractivity (Wildman–Crippen MR) is 81.2 cm³/mol. The van der Waals surface area contributed by atoms with Gasteiger partial charge in [0.1, 0.15) is 0 Å². The minimum absolute atomic E-state index is 0.259. The summed E-state index contributed by atoms with van der Waals surface area (Å²) in [7, 11) is 0. The first kappa shape index (κ1) is 14.0. The molecule has 1 amide bonds. The lowest BCUT2D eigenvalue weighted by Gasteiger charge is -2.10. The number of nitrogens with one attached hydrogen (secondary N) is 1. The summed E-state index contributed by atoms with van der Waals surface area (Å²) in [6.45, 7) is 1.18. The van der Waals surface area contributed by atoms with Gasteiger partial charge in [0.15, 0.2) is 11.5 Å². The van der Waals surface area contributed by atoms with Gasteiger partial charge in [0.05, 0.1) is 24.8 Å².